The molecule has 1 aromatic heterocycles. The number of thioether (sulfide) groups is 1. The molecule has 0 saturated carbocycles. The van der Waals surface area contributed by atoms with Crippen molar-refractivity contribution < 1.29 is 14.6 Å². The fourth-order valence-electron chi connectivity index (χ4n) is 2.13. The van der Waals surface area contributed by atoms with Crippen molar-refractivity contribution in [3.63, 3.8) is 0 Å². The number of ether oxygens (including phenoxy) is 1. The van der Waals surface area contributed by atoms with E-state index < -0.39 is 0 Å². The van der Waals surface area contributed by atoms with Crippen LogP contribution in [-0.4, -0.2) is 45.1 Å². The first-order chi connectivity index (χ1) is 13.2. The van der Waals surface area contributed by atoms with E-state index in [1.54, 1.807) is 55.6 Å². The highest BCUT2D eigenvalue weighted by Crippen LogP contribution is 2.19. The second kappa shape index (κ2) is 8.86. The van der Waals surface area contributed by atoms with Crippen molar-refractivity contribution in [1.29, 1.82) is 0 Å². The fraction of sp³-hybridized carbons (Fsp3) is 0.111. The van der Waals surface area contributed by atoms with Crippen LogP contribution in [0.5, 0.6) is 11.5 Å². The molecule has 0 bridgehead atoms. The third-order valence-corrected chi connectivity index (χ3v) is 4.35. The molecule has 27 heavy (non-hydrogen) atoms. The summed E-state index contributed by atoms with van der Waals surface area (Å²) in [6.07, 6.45) is 1.47. The number of Topliss-reactive ketones (excluding diaryl/α,β-unsaturated/α-hetero) is 1. The monoisotopic (exact) mass is 383 g/mol. The molecule has 0 radical (unpaired) electrons. The van der Waals surface area contributed by atoms with E-state index >= 15 is 0 Å². The van der Waals surface area contributed by atoms with Crippen LogP contribution >= 0.6 is 11.8 Å². The minimum absolute atomic E-state index is 0.0456. The molecule has 0 saturated heterocycles. The van der Waals surface area contributed by atoms with Gasteiger partial charge in [0.05, 0.1) is 19.1 Å². The van der Waals surface area contributed by atoms with E-state index in [-0.39, 0.29) is 17.3 Å². The summed E-state index contributed by atoms with van der Waals surface area (Å²) in [4.78, 5) is 16.4. The minimum atomic E-state index is -0.0456. The summed E-state index contributed by atoms with van der Waals surface area (Å²) in [5.41, 5.74) is 3.83. The van der Waals surface area contributed by atoms with Crippen LogP contribution in [0.4, 0.5) is 5.95 Å². The molecule has 1 heterocycles. The van der Waals surface area contributed by atoms with E-state index in [1.807, 2.05) is 0 Å². The van der Waals surface area contributed by atoms with E-state index in [4.69, 9.17) is 4.74 Å². The maximum Gasteiger partial charge on any atom is 0.240 e. The average molecular weight is 383 g/mol. The summed E-state index contributed by atoms with van der Waals surface area (Å²) in [6.45, 7) is 0. The molecule has 0 fully saturated rings. The molecule has 9 heteroatoms. The molecule has 3 rings (SSSR count). The van der Waals surface area contributed by atoms with Gasteiger partial charge in [-0.2, -0.15) is 10.1 Å². The number of aromatic nitrogens is 3. The Morgan fingerprint density at radius 3 is 3.00 bits per heavy atom. The Morgan fingerprint density at radius 1 is 1.33 bits per heavy atom. The lowest BCUT2D eigenvalue weighted by Crippen LogP contribution is -2.02. The second-order valence-corrected chi connectivity index (χ2v) is 6.28. The standard InChI is InChI=1S/C18H17N5O3S/c1-26-14-7-4-6-12(9-14)16(25)11-27-18-20-17(22-23-18)21-19-10-13-5-2-3-8-15(13)24/h2-10,24H,11H2,1H3,(H2,20,21,22,23)/b19-10+. The Hall–Kier alpha value is -3.33. The summed E-state index contributed by atoms with van der Waals surface area (Å²) < 4.78 is 5.12. The van der Waals surface area contributed by atoms with Crippen molar-refractivity contribution in [3.8, 4) is 11.5 Å². The number of nitrogens with zero attached hydrogens (tertiary/aromatic N) is 3. The number of phenols is 1. The van der Waals surface area contributed by atoms with Crippen LogP contribution in [0.25, 0.3) is 0 Å². The highest BCUT2D eigenvalue weighted by atomic mass is 32.2. The number of hydrogen-bond donors (Lipinski definition) is 3. The number of benzene rings is 2. The van der Waals surface area contributed by atoms with Gasteiger partial charge < -0.3 is 9.84 Å². The van der Waals surface area contributed by atoms with E-state index in [2.05, 4.69) is 25.7 Å². The number of rotatable bonds is 8. The first kappa shape index (κ1) is 18.5. The largest absolute Gasteiger partial charge is 0.507 e. The van der Waals surface area contributed by atoms with Gasteiger partial charge in [-0.25, -0.2) is 10.5 Å². The van der Waals surface area contributed by atoms with Crippen LogP contribution in [0.15, 0.2) is 58.8 Å². The van der Waals surface area contributed by atoms with Crippen LogP contribution in [0.2, 0.25) is 0 Å². The molecule has 0 aliphatic rings. The number of aromatic amines is 1. The zero-order valence-corrected chi connectivity index (χ0v) is 15.2. The molecular weight excluding hydrogens is 366 g/mol. The predicted octanol–water partition coefficient (Wildman–Crippen LogP) is 2.94. The number of carbonyl (C=O) groups excluding carboxylic acids is 1. The van der Waals surface area contributed by atoms with Crippen LogP contribution in [0, 0.1) is 0 Å². The number of H-pyrrole nitrogens is 1. The average Bonchev–Trinajstić information content (AvgIpc) is 3.15. The molecular formula is C18H17N5O3S. The summed E-state index contributed by atoms with van der Waals surface area (Å²) in [6, 6.07) is 13.8. The molecule has 3 N–H and O–H groups in total. The maximum atomic E-state index is 12.2. The smallest absolute Gasteiger partial charge is 0.240 e. The van der Waals surface area contributed by atoms with E-state index in [0.717, 1.165) is 0 Å². The number of methoxy groups -OCH3 is 1. The van der Waals surface area contributed by atoms with Crippen LogP contribution < -0.4 is 10.2 Å². The third-order valence-electron chi connectivity index (χ3n) is 3.50. The molecule has 2 aromatic carbocycles. The number of phenolic OH excluding ortho intramolecular Hbond substituents is 1. The molecule has 0 unspecified atom stereocenters. The molecule has 8 nitrogen and oxygen atoms in total. The van der Waals surface area contributed by atoms with Gasteiger partial charge in [0.25, 0.3) is 0 Å². The fourth-order valence-corrected chi connectivity index (χ4v) is 2.82. The number of carbonyl (C=O) groups is 1. The van der Waals surface area contributed by atoms with Gasteiger partial charge in [0.15, 0.2) is 5.78 Å². The lowest BCUT2D eigenvalue weighted by atomic mass is 10.1. The highest BCUT2D eigenvalue weighted by Gasteiger charge is 2.10. The first-order valence-electron chi connectivity index (χ1n) is 7.95. The molecule has 0 aliphatic heterocycles. The number of anilines is 1. The van der Waals surface area contributed by atoms with E-state index in [0.29, 0.717) is 28.0 Å². The van der Waals surface area contributed by atoms with Crippen LogP contribution in [-0.2, 0) is 0 Å². The van der Waals surface area contributed by atoms with Crippen LogP contribution in [0.3, 0.4) is 0 Å². The highest BCUT2D eigenvalue weighted by molar-refractivity contribution is 7.99. The van der Waals surface area contributed by atoms with Gasteiger partial charge >= 0.3 is 0 Å². The van der Waals surface area contributed by atoms with Gasteiger partial charge in [0.1, 0.15) is 11.5 Å². The number of para-hydroxylation sites is 1. The van der Waals surface area contributed by atoms with Crippen molar-refractivity contribution >= 4 is 29.7 Å². The summed E-state index contributed by atoms with van der Waals surface area (Å²) >= 11 is 1.21. The quantitative estimate of drug-likeness (QED) is 0.237. The number of hydrogen-bond acceptors (Lipinski definition) is 8. The SMILES string of the molecule is COc1cccc(C(=O)CSc2n[nH]c(N/N=C/c3ccccc3O)n2)c1. The Kier molecular flexibility index (Phi) is 6.06. The number of nitrogens with one attached hydrogen (secondary N) is 2. The maximum absolute atomic E-state index is 12.2. The van der Waals surface area contributed by atoms with Gasteiger partial charge in [-0.05, 0) is 24.3 Å². The van der Waals surface area contributed by atoms with Gasteiger partial charge in [-0.3, -0.25) is 4.79 Å². The summed E-state index contributed by atoms with van der Waals surface area (Å²) in [7, 11) is 1.56. The number of hydrazone groups is 1. The zero-order chi connectivity index (χ0) is 19.1. The second-order valence-electron chi connectivity index (χ2n) is 5.34. The lowest BCUT2D eigenvalue weighted by molar-refractivity contribution is 0.102. The first-order valence-corrected chi connectivity index (χ1v) is 8.94. The zero-order valence-electron chi connectivity index (χ0n) is 14.4. The topological polar surface area (TPSA) is 112 Å². The lowest BCUT2D eigenvalue weighted by Gasteiger charge is -2.02. The summed E-state index contributed by atoms with van der Waals surface area (Å²) in [5.74, 6) is 1.25. The molecule has 3 aromatic rings. The molecule has 0 spiro atoms. The number of aromatic hydroxyl groups is 1. The Morgan fingerprint density at radius 2 is 2.19 bits per heavy atom. The van der Waals surface area contributed by atoms with Crippen molar-refractivity contribution in [2.45, 2.75) is 5.16 Å². The van der Waals surface area contributed by atoms with Gasteiger partial charge in [-0.15, -0.1) is 5.10 Å². The minimum Gasteiger partial charge on any atom is -0.507 e. The Labute approximate surface area is 159 Å². The molecule has 0 atom stereocenters. The predicted molar refractivity (Wildman–Crippen MR) is 104 cm³/mol. The van der Waals surface area contributed by atoms with Gasteiger partial charge in [0, 0.05) is 11.1 Å². The molecule has 0 aliphatic carbocycles. The van der Waals surface area contributed by atoms with Gasteiger partial charge in [0.2, 0.25) is 11.1 Å². The molecule has 0 amide bonds. The van der Waals surface area contributed by atoms with Crippen molar-refractivity contribution in [2.24, 2.45) is 5.10 Å². The molecule has 138 valence electrons. The Balaban J connectivity index is 1.53. The summed E-state index contributed by atoms with van der Waals surface area (Å²) in [5, 5.41) is 20.8. The van der Waals surface area contributed by atoms with Crippen molar-refractivity contribution in [1.82, 2.24) is 15.2 Å². The van der Waals surface area contributed by atoms with Gasteiger partial charge in [-0.1, -0.05) is 36.0 Å². The van der Waals surface area contributed by atoms with Crippen molar-refractivity contribution in [3.05, 3.63) is 59.7 Å². The Bertz CT molecular complexity index is 957. The van der Waals surface area contributed by atoms with E-state index in [1.165, 1.54) is 18.0 Å². The number of ketones is 1. The third kappa shape index (κ3) is 5.08. The normalized spacial score (nSPS) is 10.9. The van der Waals surface area contributed by atoms with Crippen LogP contribution in [0.1, 0.15) is 15.9 Å². The van der Waals surface area contributed by atoms with Crippen molar-refractivity contribution in [2.75, 3.05) is 18.3 Å². The van der Waals surface area contributed by atoms with E-state index in [9.17, 15) is 9.90 Å².